The van der Waals surface area contributed by atoms with Crippen LogP contribution < -0.4 is 9.64 Å². The Bertz CT molecular complexity index is 1150. The molecule has 1 aromatic heterocycles. The van der Waals surface area contributed by atoms with Crippen molar-refractivity contribution < 1.29 is 24.0 Å². The predicted molar refractivity (Wildman–Crippen MR) is 115 cm³/mol. The summed E-state index contributed by atoms with van der Waals surface area (Å²) in [6.45, 7) is 5.53. The van der Waals surface area contributed by atoms with Crippen LogP contribution in [0.2, 0.25) is 0 Å². The maximum Gasteiger partial charge on any atom is 0.301 e. The van der Waals surface area contributed by atoms with Crippen molar-refractivity contribution in [2.24, 2.45) is 0 Å². The molecule has 1 saturated heterocycles. The molecule has 1 amide bonds. The monoisotopic (exact) mass is 418 g/mol. The molecule has 0 aliphatic carbocycles. The number of benzene rings is 2. The lowest BCUT2D eigenvalue weighted by Crippen LogP contribution is -2.29. The van der Waals surface area contributed by atoms with Gasteiger partial charge in [-0.25, -0.2) is 0 Å². The van der Waals surface area contributed by atoms with Gasteiger partial charge in [0.05, 0.1) is 17.7 Å². The number of carbonyl (C=O) groups excluding carboxylic acids is 2. The molecule has 1 unspecified atom stereocenters. The van der Waals surface area contributed by atoms with Gasteiger partial charge in [-0.15, -0.1) is 0 Å². The van der Waals surface area contributed by atoms with E-state index in [1.165, 1.54) is 4.90 Å². The number of hydrogen-bond acceptors (Lipinski definition) is 6. The zero-order valence-corrected chi connectivity index (χ0v) is 17.4. The minimum absolute atomic E-state index is 0.00520. The summed E-state index contributed by atoms with van der Waals surface area (Å²) >= 11 is 0. The highest BCUT2D eigenvalue weighted by Gasteiger charge is 2.48. The standard InChI is InChI=1S/C24H22N2O5/c1-14(2)30-18-11-9-17(10-12-18)22(27)20-21(16-7-5-4-6-8-16)26(24(29)23(20)28)19-13-15(3)31-25-19/h4-14,21,27H,1-3H3/b22-20+. The molecule has 2 heterocycles. The van der Waals surface area contributed by atoms with E-state index in [9.17, 15) is 14.7 Å². The molecule has 7 nitrogen and oxygen atoms in total. The molecule has 2 aromatic carbocycles. The molecule has 1 atom stereocenters. The van der Waals surface area contributed by atoms with Crippen LogP contribution >= 0.6 is 0 Å². The fraction of sp³-hybridized carbons (Fsp3) is 0.208. The molecular formula is C24H22N2O5. The molecule has 3 aromatic rings. The summed E-state index contributed by atoms with van der Waals surface area (Å²) in [7, 11) is 0. The van der Waals surface area contributed by atoms with Crippen molar-refractivity contribution in [3.8, 4) is 5.75 Å². The molecule has 31 heavy (non-hydrogen) atoms. The number of rotatable bonds is 5. The number of amides is 1. The summed E-state index contributed by atoms with van der Waals surface area (Å²) in [5, 5.41) is 15.0. The van der Waals surface area contributed by atoms with Gasteiger partial charge in [-0.2, -0.15) is 0 Å². The number of ketones is 1. The number of aliphatic hydroxyl groups excluding tert-OH is 1. The Hall–Kier alpha value is -3.87. The van der Waals surface area contributed by atoms with Crippen molar-refractivity contribution in [1.82, 2.24) is 5.16 Å². The van der Waals surface area contributed by atoms with Crippen LogP contribution in [-0.2, 0) is 9.59 Å². The van der Waals surface area contributed by atoms with Crippen LogP contribution in [0.15, 0.2) is 70.8 Å². The second-order valence-corrected chi connectivity index (χ2v) is 7.57. The summed E-state index contributed by atoms with van der Waals surface area (Å²) in [6, 6.07) is 16.5. The summed E-state index contributed by atoms with van der Waals surface area (Å²) < 4.78 is 10.8. The van der Waals surface area contributed by atoms with E-state index in [0.29, 0.717) is 22.6 Å². The van der Waals surface area contributed by atoms with Gasteiger partial charge in [0, 0.05) is 11.6 Å². The van der Waals surface area contributed by atoms with Gasteiger partial charge >= 0.3 is 5.91 Å². The van der Waals surface area contributed by atoms with Gasteiger partial charge in [0.2, 0.25) is 0 Å². The smallest absolute Gasteiger partial charge is 0.301 e. The molecule has 0 radical (unpaired) electrons. The van der Waals surface area contributed by atoms with Gasteiger partial charge in [-0.3, -0.25) is 14.5 Å². The van der Waals surface area contributed by atoms with E-state index in [0.717, 1.165) is 0 Å². The molecule has 0 spiro atoms. The van der Waals surface area contributed by atoms with E-state index in [1.807, 2.05) is 32.0 Å². The normalized spacial score (nSPS) is 18.1. The lowest BCUT2D eigenvalue weighted by Gasteiger charge is -2.22. The van der Waals surface area contributed by atoms with Crippen LogP contribution in [0.1, 0.15) is 36.8 Å². The lowest BCUT2D eigenvalue weighted by molar-refractivity contribution is -0.132. The largest absolute Gasteiger partial charge is 0.507 e. The van der Waals surface area contributed by atoms with Crippen molar-refractivity contribution in [2.75, 3.05) is 4.90 Å². The van der Waals surface area contributed by atoms with Crippen molar-refractivity contribution in [3.05, 3.63) is 83.1 Å². The van der Waals surface area contributed by atoms with Gasteiger partial charge in [0.15, 0.2) is 5.82 Å². The minimum Gasteiger partial charge on any atom is -0.507 e. The molecule has 1 N–H and O–H groups in total. The molecule has 1 fully saturated rings. The summed E-state index contributed by atoms with van der Waals surface area (Å²) in [5.41, 5.74) is 1.07. The van der Waals surface area contributed by atoms with Crippen LogP contribution in [0.25, 0.3) is 5.76 Å². The summed E-state index contributed by atoms with van der Waals surface area (Å²) in [6.07, 6.45) is 0.00812. The molecule has 7 heteroatoms. The number of aliphatic hydroxyl groups is 1. The number of carbonyl (C=O) groups is 2. The number of aromatic nitrogens is 1. The average molecular weight is 418 g/mol. The second-order valence-electron chi connectivity index (χ2n) is 7.57. The maximum atomic E-state index is 13.0. The van der Waals surface area contributed by atoms with E-state index < -0.39 is 17.7 Å². The second kappa shape index (κ2) is 8.10. The molecule has 1 aliphatic rings. The molecule has 0 bridgehead atoms. The van der Waals surface area contributed by atoms with E-state index in [4.69, 9.17) is 9.26 Å². The molecule has 1 aliphatic heterocycles. The fourth-order valence-corrected chi connectivity index (χ4v) is 3.61. The summed E-state index contributed by atoms with van der Waals surface area (Å²) in [5.74, 6) is -0.452. The first kappa shape index (κ1) is 20.4. The number of aryl methyl sites for hydroxylation is 1. The van der Waals surface area contributed by atoms with Gasteiger partial charge in [-0.05, 0) is 50.6 Å². The average Bonchev–Trinajstić information content (AvgIpc) is 3.29. The van der Waals surface area contributed by atoms with Gasteiger partial charge in [0.25, 0.3) is 5.78 Å². The van der Waals surface area contributed by atoms with Gasteiger partial charge in [-0.1, -0.05) is 35.5 Å². The van der Waals surface area contributed by atoms with Gasteiger partial charge in [0.1, 0.15) is 17.3 Å². The number of anilines is 1. The first-order chi connectivity index (χ1) is 14.9. The minimum atomic E-state index is -0.836. The van der Waals surface area contributed by atoms with Crippen molar-refractivity contribution in [1.29, 1.82) is 0 Å². The zero-order valence-electron chi connectivity index (χ0n) is 17.4. The highest BCUT2D eigenvalue weighted by atomic mass is 16.5. The van der Waals surface area contributed by atoms with E-state index in [1.54, 1.807) is 49.4 Å². The Balaban J connectivity index is 1.84. The zero-order chi connectivity index (χ0) is 22.1. The molecule has 4 rings (SSSR count). The first-order valence-electron chi connectivity index (χ1n) is 9.93. The Labute approximate surface area is 179 Å². The van der Waals surface area contributed by atoms with Crippen molar-refractivity contribution >= 4 is 23.3 Å². The number of nitrogens with zero attached hydrogens (tertiary/aromatic N) is 2. The van der Waals surface area contributed by atoms with Gasteiger partial charge < -0.3 is 14.4 Å². The molecule has 158 valence electrons. The SMILES string of the molecule is Cc1cc(N2C(=O)C(=O)/C(=C(/O)c3ccc(OC(C)C)cc3)C2c2ccccc2)no1. The third-order valence-corrected chi connectivity index (χ3v) is 4.92. The number of ether oxygens (including phenoxy) is 1. The predicted octanol–water partition coefficient (Wildman–Crippen LogP) is 4.40. The maximum absolute atomic E-state index is 13.0. The van der Waals surface area contributed by atoms with Crippen LogP contribution in [0, 0.1) is 6.92 Å². The highest BCUT2D eigenvalue weighted by molar-refractivity contribution is 6.51. The van der Waals surface area contributed by atoms with Crippen LogP contribution in [-0.4, -0.2) is 28.1 Å². The van der Waals surface area contributed by atoms with E-state index in [-0.39, 0.29) is 23.3 Å². The van der Waals surface area contributed by atoms with Crippen LogP contribution in [0.3, 0.4) is 0 Å². The third-order valence-electron chi connectivity index (χ3n) is 4.92. The quantitative estimate of drug-likeness (QED) is 0.375. The molecule has 0 saturated carbocycles. The third kappa shape index (κ3) is 3.82. The van der Waals surface area contributed by atoms with Crippen LogP contribution in [0.5, 0.6) is 5.75 Å². The van der Waals surface area contributed by atoms with E-state index in [2.05, 4.69) is 5.16 Å². The first-order valence-corrected chi connectivity index (χ1v) is 9.93. The lowest BCUT2D eigenvalue weighted by atomic mass is 9.95. The topological polar surface area (TPSA) is 92.9 Å². The van der Waals surface area contributed by atoms with E-state index >= 15 is 0 Å². The Morgan fingerprint density at radius 2 is 1.77 bits per heavy atom. The van der Waals surface area contributed by atoms with Crippen molar-refractivity contribution in [2.45, 2.75) is 32.9 Å². The Morgan fingerprint density at radius 3 is 2.35 bits per heavy atom. The van der Waals surface area contributed by atoms with Crippen molar-refractivity contribution in [3.63, 3.8) is 0 Å². The Kier molecular flexibility index (Phi) is 5.33. The highest BCUT2D eigenvalue weighted by Crippen LogP contribution is 2.41. The fourth-order valence-electron chi connectivity index (χ4n) is 3.61. The summed E-state index contributed by atoms with van der Waals surface area (Å²) in [4.78, 5) is 27.2. The number of hydrogen-bond donors (Lipinski definition) is 1. The molecular weight excluding hydrogens is 396 g/mol. The van der Waals surface area contributed by atoms with Crippen LogP contribution in [0.4, 0.5) is 5.82 Å². The Morgan fingerprint density at radius 1 is 1.10 bits per heavy atom. The number of Topliss-reactive ketones (excluding diaryl/α,β-unsaturated/α-hetero) is 1.